The maximum atomic E-state index is 13.7. The summed E-state index contributed by atoms with van der Waals surface area (Å²) in [6.07, 6.45) is 0.258. The molecule has 0 aliphatic heterocycles. The average Bonchev–Trinajstić information content (AvgIpc) is 3.18. The Bertz CT molecular complexity index is 1180. The summed E-state index contributed by atoms with van der Waals surface area (Å²) >= 11 is 1.61. The minimum Gasteiger partial charge on any atom is -0.324 e. The van der Waals surface area contributed by atoms with Crippen LogP contribution in [-0.4, -0.2) is 26.1 Å². The van der Waals surface area contributed by atoms with Crippen LogP contribution in [0.2, 0.25) is 0 Å². The highest BCUT2D eigenvalue weighted by Crippen LogP contribution is 2.29. The van der Waals surface area contributed by atoms with Crippen LogP contribution in [0.25, 0.3) is 0 Å². The first-order chi connectivity index (χ1) is 15.1. The van der Waals surface area contributed by atoms with Gasteiger partial charge < -0.3 is 5.32 Å². The lowest BCUT2D eigenvalue weighted by Crippen LogP contribution is -2.29. The van der Waals surface area contributed by atoms with Crippen LogP contribution in [0.15, 0.2) is 88.7 Å². The SMILES string of the molecule is Cc1nnnn1C(Cc1cccc(F)c1)C(=O)Nc1cccc(Sc2ccccc2)c1. The van der Waals surface area contributed by atoms with Gasteiger partial charge in [0, 0.05) is 21.9 Å². The summed E-state index contributed by atoms with van der Waals surface area (Å²) < 4.78 is 15.1. The number of aromatic nitrogens is 4. The van der Waals surface area contributed by atoms with Crippen LogP contribution in [0.3, 0.4) is 0 Å². The molecule has 1 amide bonds. The minimum absolute atomic E-state index is 0.258. The number of aryl methyl sites for hydroxylation is 1. The zero-order valence-corrected chi connectivity index (χ0v) is 17.6. The van der Waals surface area contributed by atoms with Crippen molar-refractivity contribution >= 4 is 23.4 Å². The molecule has 4 rings (SSSR count). The largest absolute Gasteiger partial charge is 0.324 e. The quantitative estimate of drug-likeness (QED) is 0.458. The first-order valence-corrected chi connectivity index (χ1v) is 10.5. The second-order valence-electron chi connectivity index (χ2n) is 6.95. The van der Waals surface area contributed by atoms with E-state index < -0.39 is 6.04 Å². The lowest BCUT2D eigenvalue weighted by molar-refractivity contribution is -0.119. The molecule has 1 heterocycles. The van der Waals surface area contributed by atoms with Crippen LogP contribution in [-0.2, 0) is 11.2 Å². The third kappa shape index (κ3) is 5.35. The molecule has 3 aromatic carbocycles. The Morgan fingerprint density at radius 1 is 1.03 bits per heavy atom. The monoisotopic (exact) mass is 433 g/mol. The molecule has 0 bridgehead atoms. The first-order valence-electron chi connectivity index (χ1n) is 9.71. The summed E-state index contributed by atoms with van der Waals surface area (Å²) in [4.78, 5) is 15.3. The van der Waals surface area contributed by atoms with Crippen molar-refractivity contribution in [1.82, 2.24) is 20.2 Å². The van der Waals surface area contributed by atoms with Crippen molar-refractivity contribution in [2.24, 2.45) is 0 Å². The van der Waals surface area contributed by atoms with E-state index in [1.54, 1.807) is 30.8 Å². The van der Waals surface area contributed by atoms with Crippen LogP contribution in [0.4, 0.5) is 10.1 Å². The number of rotatable bonds is 7. The predicted octanol–water partition coefficient (Wildman–Crippen LogP) is 4.69. The molecular formula is C23H20FN5OS. The maximum Gasteiger partial charge on any atom is 0.249 e. The molecule has 0 fully saturated rings. The number of nitrogens with one attached hydrogen (secondary N) is 1. The number of amides is 1. The molecule has 31 heavy (non-hydrogen) atoms. The van der Waals surface area contributed by atoms with Crippen molar-refractivity contribution in [3.8, 4) is 0 Å². The fraction of sp³-hybridized carbons (Fsp3) is 0.130. The highest BCUT2D eigenvalue weighted by Gasteiger charge is 2.24. The van der Waals surface area contributed by atoms with Gasteiger partial charge in [-0.25, -0.2) is 9.07 Å². The number of benzene rings is 3. The number of nitrogens with zero attached hydrogens (tertiary/aromatic N) is 4. The number of anilines is 1. The maximum absolute atomic E-state index is 13.7. The third-order valence-corrected chi connectivity index (χ3v) is 5.65. The summed E-state index contributed by atoms with van der Waals surface area (Å²) in [5, 5.41) is 14.5. The summed E-state index contributed by atoms with van der Waals surface area (Å²) in [7, 11) is 0. The van der Waals surface area contributed by atoms with E-state index in [9.17, 15) is 9.18 Å². The van der Waals surface area contributed by atoms with Gasteiger partial charge in [-0.15, -0.1) is 5.10 Å². The molecule has 0 aliphatic rings. The van der Waals surface area contributed by atoms with E-state index in [0.717, 1.165) is 9.79 Å². The first kappa shape index (κ1) is 20.7. The summed E-state index contributed by atoms with van der Waals surface area (Å²) in [5.41, 5.74) is 1.35. The van der Waals surface area contributed by atoms with Crippen molar-refractivity contribution < 1.29 is 9.18 Å². The van der Waals surface area contributed by atoms with Gasteiger partial charge in [0.25, 0.3) is 0 Å². The molecule has 1 atom stereocenters. The van der Waals surface area contributed by atoms with Crippen molar-refractivity contribution in [2.75, 3.05) is 5.32 Å². The van der Waals surface area contributed by atoms with Crippen LogP contribution in [0.1, 0.15) is 17.4 Å². The highest BCUT2D eigenvalue weighted by molar-refractivity contribution is 7.99. The summed E-state index contributed by atoms with van der Waals surface area (Å²) in [5.74, 6) is -0.123. The van der Waals surface area contributed by atoms with E-state index in [-0.39, 0.29) is 18.1 Å². The van der Waals surface area contributed by atoms with Gasteiger partial charge in [0.1, 0.15) is 17.7 Å². The number of carbonyl (C=O) groups excluding carboxylic acids is 1. The van der Waals surface area contributed by atoms with Gasteiger partial charge in [0.15, 0.2) is 0 Å². The predicted molar refractivity (Wildman–Crippen MR) is 117 cm³/mol. The van der Waals surface area contributed by atoms with Gasteiger partial charge in [-0.1, -0.05) is 48.2 Å². The standard InChI is InChI=1S/C23H20FN5OS/c1-16-26-27-28-29(16)22(14-17-7-5-8-18(24)13-17)23(30)25-19-9-6-12-21(15-19)31-20-10-3-2-4-11-20/h2-13,15,22H,14H2,1H3,(H,25,30). The number of carbonyl (C=O) groups is 1. The zero-order valence-electron chi connectivity index (χ0n) is 16.8. The molecule has 0 saturated heterocycles. The topological polar surface area (TPSA) is 72.7 Å². The lowest BCUT2D eigenvalue weighted by Gasteiger charge is -2.18. The number of halogens is 1. The van der Waals surface area contributed by atoms with Gasteiger partial charge >= 0.3 is 0 Å². The molecule has 0 saturated carbocycles. The molecule has 4 aromatic rings. The molecule has 1 N–H and O–H groups in total. The fourth-order valence-electron chi connectivity index (χ4n) is 3.19. The molecular weight excluding hydrogens is 413 g/mol. The van der Waals surface area contributed by atoms with Crippen LogP contribution < -0.4 is 5.32 Å². The minimum atomic E-state index is -0.720. The van der Waals surface area contributed by atoms with E-state index in [2.05, 4.69) is 20.8 Å². The summed E-state index contributed by atoms with van der Waals surface area (Å²) in [6, 6.07) is 23.1. The van der Waals surface area contributed by atoms with Gasteiger partial charge in [-0.3, -0.25) is 4.79 Å². The fourth-order valence-corrected chi connectivity index (χ4v) is 4.09. The normalized spacial score (nSPS) is 11.8. The van der Waals surface area contributed by atoms with Crippen molar-refractivity contribution in [1.29, 1.82) is 0 Å². The Balaban J connectivity index is 1.55. The van der Waals surface area contributed by atoms with Gasteiger partial charge in [0.05, 0.1) is 0 Å². The zero-order chi connectivity index (χ0) is 21.6. The van der Waals surface area contributed by atoms with E-state index in [4.69, 9.17) is 0 Å². The average molecular weight is 434 g/mol. The van der Waals surface area contributed by atoms with E-state index in [1.165, 1.54) is 16.8 Å². The smallest absolute Gasteiger partial charge is 0.249 e. The number of hydrogen-bond acceptors (Lipinski definition) is 5. The van der Waals surface area contributed by atoms with Gasteiger partial charge in [0.2, 0.25) is 5.91 Å². The van der Waals surface area contributed by atoms with Crippen molar-refractivity contribution in [2.45, 2.75) is 29.2 Å². The molecule has 1 unspecified atom stereocenters. The Morgan fingerprint density at radius 2 is 1.81 bits per heavy atom. The lowest BCUT2D eigenvalue weighted by atomic mass is 10.0. The van der Waals surface area contributed by atoms with E-state index >= 15 is 0 Å². The number of tetrazole rings is 1. The Morgan fingerprint density at radius 3 is 2.55 bits per heavy atom. The molecule has 1 aromatic heterocycles. The molecule has 0 radical (unpaired) electrons. The van der Waals surface area contributed by atoms with Crippen LogP contribution in [0.5, 0.6) is 0 Å². The van der Waals surface area contributed by atoms with Crippen molar-refractivity contribution in [3.05, 3.63) is 96.1 Å². The highest BCUT2D eigenvalue weighted by atomic mass is 32.2. The van der Waals surface area contributed by atoms with E-state index in [0.29, 0.717) is 17.1 Å². The number of hydrogen-bond donors (Lipinski definition) is 1. The molecule has 6 nitrogen and oxygen atoms in total. The van der Waals surface area contributed by atoms with Crippen molar-refractivity contribution in [3.63, 3.8) is 0 Å². The molecule has 8 heteroatoms. The second kappa shape index (κ2) is 9.53. The van der Waals surface area contributed by atoms with E-state index in [1.807, 2.05) is 54.6 Å². The Hall–Kier alpha value is -3.52. The third-order valence-electron chi connectivity index (χ3n) is 4.65. The van der Waals surface area contributed by atoms with Gasteiger partial charge in [-0.2, -0.15) is 0 Å². The Labute approximate surface area is 183 Å². The molecule has 156 valence electrons. The van der Waals surface area contributed by atoms with Crippen LogP contribution >= 0.6 is 11.8 Å². The van der Waals surface area contributed by atoms with Gasteiger partial charge in [-0.05, 0) is 65.4 Å². The molecule has 0 aliphatic carbocycles. The summed E-state index contributed by atoms with van der Waals surface area (Å²) in [6.45, 7) is 1.73. The Kier molecular flexibility index (Phi) is 6.37. The second-order valence-corrected chi connectivity index (χ2v) is 8.10. The molecule has 0 spiro atoms. The van der Waals surface area contributed by atoms with Crippen LogP contribution in [0, 0.1) is 12.7 Å².